The van der Waals surface area contributed by atoms with E-state index in [0.717, 1.165) is 30.2 Å². The normalized spacial score (nSPS) is 10.0. The van der Waals surface area contributed by atoms with Crippen molar-refractivity contribution in [3.63, 3.8) is 0 Å². The molecule has 0 aliphatic heterocycles. The summed E-state index contributed by atoms with van der Waals surface area (Å²) in [6, 6.07) is 7.47. The molecule has 1 N–H and O–H groups in total. The van der Waals surface area contributed by atoms with Crippen molar-refractivity contribution in [2.75, 3.05) is 31.8 Å². The van der Waals surface area contributed by atoms with E-state index in [-0.39, 0.29) is 5.91 Å². The monoisotopic (exact) mass is 283 g/mol. The summed E-state index contributed by atoms with van der Waals surface area (Å²) in [5, 5.41) is 2.84. The number of methoxy groups -OCH3 is 1. The third kappa shape index (κ3) is 6.96. The lowest BCUT2D eigenvalue weighted by Crippen LogP contribution is -2.26. The molecule has 0 heterocycles. The largest absolute Gasteiger partial charge is 0.497 e. The number of rotatable bonds is 9. The highest BCUT2D eigenvalue weighted by Crippen LogP contribution is 2.17. The molecule has 0 radical (unpaired) electrons. The Morgan fingerprint density at radius 1 is 1.26 bits per heavy atom. The number of hydrogen-bond donors (Lipinski definition) is 1. The van der Waals surface area contributed by atoms with Crippen LogP contribution in [0.5, 0.6) is 11.5 Å². The van der Waals surface area contributed by atoms with Crippen LogP contribution in [0.2, 0.25) is 0 Å². The Kier molecular flexibility index (Phi) is 7.89. The lowest BCUT2D eigenvalue weighted by Gasteiger charge is -2.07. The van der Waals surface area contributed by atoms with Crippen LogP contribution in [0.3, 0.4) is 0 Å². The summed E-state index contributed by atoms with van der Waals surface area (Å²) in [6.45, 7) is 3.38. The van der Waals surface area contributed by atoms with Crippen molar-refractivity contribution < 1.29 is 14.3 Å². The van der Waals surface area contributed by atoms with Crippen LogP contribution in [0, 0.1) is 0 Å². The zero-order valence-corrected chi connectivity index (χ0v) is 12.3. The average Bonchev–Trinajstić information content (AvgIpc) is 2.45. The SMILES string of the molecule is CCCNC(=O)CSCCOc1ccc(OC)cc1. The lowest BCUT2D eigenvalue weighted by molar-refractivity contribution is -0.118. The van der Waals surface area contributed by atoms with Gasteiger partial charge >= 0.3 is 0 Å². The van der Waals surface area contributed by atoms with Crippen molar-refractivity contribution in [1.29, 1.82) is 0 Å². The highest BCUT2D eigenvalue weighted by molar-refractivity contribution is 7.99. The van der Waals surface area contributed by atoms with Gasteiger partial charge in [0.2, 0.25) is 5.91 Å². The molecule has 106 valence electrons. The van der Waals surface area contributed by atoms with Gasteiger partial charge in [0.05, 0.1) is 19.5 Å². The first-order valence-electron chi connectivity index (χ1n) is 6.37. The van der Waals surface area contributed by atoms with Crippen LogP contribution in [0.1, 0.15) is 13.3 Å². The molecule has 0 aliphatic rings. The zero-order valence-electron chi connectivity index (χ0n) is 11.5. The van der Waals surface area contributed by atoms with E-state index in [9.17, 15) is 4.79 Å². The van der Waals surface area contributed by atoms with E-state index in [0.29, 0.717) is 12.4 Å². The van der Waals surface area contributed by atoms with Gasteiger partial charge in [0, 0.05) is 12.3 Å². The minimum absolute atomic E-state index is 0.0938. The van der Waals surface area contributed by atoms with E-state index >= 15 is 0 Å². The summed E-state index contributed by atoms with van der Waals surface area (Å²) >= 11 is 1.58. The highest BCUT2D eigenvalue weighted by atomic mass is 32.2. The summed E-state index contributed by atoms with van der Waals surface area (Å²) in [6.07, 6.45) is 0.969. The van der Waals surface area contributed by atoms with Crippen LogP contribution in [0.25, 0.3) is 0 Å². The van der Waals surface area contributed by atoms with E-state index in [1.54, 1.807) is 18.9 Å². The number of carbonyl (C=O) groups is 1. The van der Waals surface area contributed by atoms with Gasteiger partial charge in [-0.1, -0.05) is 6.92 Å². The van der Waals surface area contributed by atoms with Crippen molar-refractivity contribution in [2.24, 2.45) is 0 Å². The van der Waals surface area contributed by atoms with Crippen LogP contribution in [0.15, 0.2) is 24.3 Å². The second-order valence-electron chi connectivity index (χ2n) is 3.93. The van der Waals surface area contributed by atoms with Crippen molar-refractivity contribution in [2.45, 2.75) is 13.3 Å². The first-order chi connectivity index (χ1) is 9.26. The maximum absolute atomic E-state index is 11.3. The molecule has 19 heavy (non-hydrogen) atoms. The Morgan fingerprint density at radius 3 is 2.58 bits per heavy atom. The van der Waals surface area contributed by atoms with Crippen LogP contribution in [-0.2, 0) is 4.79 Å². The van der Waals surface area contributed by atoms with Crippen molar-refractivity contribution in [3.05, 3.63) is 24.3 Å². The fourth-order valence-electron chi connectivity index (χ4n) is 1.37. The van der Waals surface area contributed by atoms with E-state index in [1.165, 1.54) is 0 Å². The van der Waals surface area contributed by atoms with Crippen LogP contribution >= 0.6 is 11.8 Å². The maximum atomic E-state index is 11.3. The Bertz CT molecular complexity index is 367. The van der Waals surface area contributed by atoms with E-state index < -0.39 is 0 Å². The second kappa shape index (κ2) is 9.55. The molecule has 0 spiro atoms. The third-order valence-electron chi connectivity index (χ3n) is 2.36. The Hall–Kier alpha value is -1.36. The van der Waals surface area contributed by atoms with Gasteiger partial charge in [0.1, 0.15) is 11.5 Å². The molecule has 0 fully saturated rings. The van der Waals surface area contributed by atoms with Gasteiger partial charge in [-0.2, -0.15) is 0 Å². The first kappa shape index (κ1) is 15.7. The van der Waals surface area contributed by atoms with Gasteiger partial charge in [0.15, 0.2) is 0 Å². The number of carbonyl (C=O) groups excluding carboxylic acids is 1. The molecule has 0 atom stereocenters. The smallest absolute Gasteiger partial charge is 0.229 e. The summed E-state index contributed by atoms with van der Waals surface area (Å²) in [4.78, 5) is 11.3. The highest BCUT2D eigenvalue weighted by Gasteiger charge is 2.00. The lowest BCUT2D eigenvalue weighted by atomic mass is 10.3. The van der Waals surface area contributed by atoms with Gasteiger partial charge < -0.3 is 14.8 Å². The number of amides is 1. The summed E-state index contributed by atoms with van der Waals surface area (Å²) in [5.74, 6) is 3.01. The zero-order chi connectivity index (χ0) is 13.9. The molecule has 5 heteroatoms. The topological polar surface area (TPSA) is 47.6 Å². The summed E-state index contributed by atoms with van der Waals surface area (Å²) in [7, 11) is 1.64. The van der Waals surface area contributed by atoms with E-state index in [2.05, 4.69) is 5.32 Å². The van der Waals surface area contributed by atoms with Crippen LogP contribution in [0.4, 0.5) is 0 Å². The Morgan fingerprint density at radius 2 is 1.95 bits per heavy atom. The van der Waals surface area contributed by atoms with Gasteiger partial charge in [-0.25, -0.2) is 0 Å². The first-order valence-corrected chi connectivity index (χ1v) is 7.53. The predicted molar refractivity (Wildman–Crippen MR) is 79.1 cm³/mol. The third-order valence-corrected chi connectivity index (χ3v) is 3.28. The fourth-order valence-corrected chi connectivity index (χ4v) is 2.00. The minimum atomic E-state index is 0.0938. The molecule has 1 aromatic carbocycles. The number of hydrogen-bond acceptors (Lipinski definition) is 4. The number of benzene rings is 1. The van der Waals surface area contributed by atoms with Gasteiger partial charge in [-0.05, 0) is 30.7 Å². The standard InChI is InChI=1S/C14H21NO3S/c1-3-8-15-14(16)11-19-10-9-18-13-6-4-12(17-2)5-7-13/h4-7H,3,8-11H2,1-2H3,(H,15,16). The van der Waals surface area contributed by atoms with E-state index in [4.69, 9.17) is 9.47 Å². The maximum Gasteiger partial charge on any atom is 0.229 e. The predicted octanol–water partition coefficient (Wildman–Crippen LogP) is 2.33. The molecular formula is C14H21NO3S. The Labute approximate surface area is 118 Å². The van der Waals surface area contributed by atoms with Crippen LogP contribution in [-0.4, -0.2) is 37.7 Å². The molecule has 0 unspecified atom stereocenters. The van der Waals surface area contributed by atoms with E-state index in [1.807, 2.05) is 31.2 Å². The second-order valence-corrected chi connectivity index (χ2v) is 5.03. The van der Waals surface area contributed by atoms with Crippen molar-refractivity contribution >= 4 is 17.7 Å². The molecule has 0 aliphatic carbocycles. The number of nitrogens with one attached hydrogen (secondary N) is 1. The van der Waals surface area contributed by atoms with Gasteiger partial charge in [-0.15, -0.1) is 11.8 Å². The number of ether oxygens (including phenoxy) is 2. The molecule has 0 saturated heterocycles. The fraction of sp³-hybridized carbons (Fsp3) is 0.500. The molecular weight excluding hydrogens is 262 g/mol. The Balaban J connectivity index is 2.08. The van der Waals surface area contributed by atoms with Crippen molar-refractivity contribution in [3.8, 4) is 11.5 Å². The average molecular weight is 283 g/mol. The van der Waals surface area contributed by atoms with Crippen LogP contribution < -0.4 is 14.8 Å². The van der Waals surface area contributed by atoms with Gasteiger partial charge in [0.25, 0.3) is 0 Å². The minimum Gasteiger partial charge on any atom is -0.497 e. The molecule has 0 aromatic heterocycles. The summed E-state index contributed by atoms with van der Waals surface area (Å²) < 4.78 is 10.6. The molecule has 0 bridgehead atoms. The quantitative estimate of drug-likeness (QED) is 0.707. The molecule has 1 amide bonds. The van der Waals surface area contributed by atoms with Crippen molar-refractivity contribution in [1.82, 2.24) is 5.32 Å². The molecule has 1 rings (SSSR count). The molecule has 4 nitrogen and oxygen atoms in total. The van der Waals surface area contributed by atoms with Gasteiger partial charge in [-0.3, -0.25) is 4.79 Å². The number of thioether (sulfide) groups is 1. The summed E-state index contributed by atoms with van der Waals surface area (Å²) in [5.41, 5.74) is 0. The molecule has 0 saturated carbocycles. The molecule has 1 aromatic rings.